The van der Waals surface area contributed by atoms with Crippen LogP contribution in [-0.4, -0.2) is 31.0 Å². The number of halogens is 1. The van der Waals surface area contributed by atoms with Gasteiger partial charge in [-0.25, -0.2) is 4.79 Å². The first-order valence-corrected chi connectivity index (χ1v) is 10.4. The third kappa shape index (κ3) is 4.81. The van der Waals surface area contributed by atoms with Crippen molar-refractivity contribution in [2.24, 2.45) is 0 Å². The Morgan fingerprint density at radius 1 is 0.941 bits per heavy atom. The molecule has 0 fully saturated rings. The molecule has 3 N–H and O–H groups in total. The van der Waals surface area contributed by atoms with Gasteiger partial charge in [-0.3, -0.25) is 28.5 Å². The van der Waals surface area contributed by atoms with Crippen LogP contribution < -0.4 is 21.9 Å². The maximum Gasteiger partial charge on any atom is 0.332 e. The number of phenolic OH excluding ortho intramolecular Hbond substituents is 1. The highest BCUT2D eigenvalue weighted by atomic mass is 35.5. The number of nitrogens with one attached hydrogen (secondary N) is 2. The number of hydrogen-bond donors (Lipinski definition) is 3. The van der Waals surface area contributed by atoms with E-state index in [1.807, 2.05) is 0 Å². The number of carbonyl (C=O) groups is 2. The van der Waals surface area contributed by atoms with Crippen molar-refractivity contribution in [2.45, 2.75) is 13.1 Å². The number of pyridine rings is 1. The molecule has 0 bridgehead atoms. The maximum absolute atomic E-state index is 13.2. The average molecular weight is 480 g/mol. The minimum atomic E-state index is -0.837. The van der Waals surface area contributed by atoms with E-state index in [0.717, 1.165) is 9.13 Å². The molecule has 2 heterocycles. The normalized spacial score (nSPS) is 10.7. The van der Waals surface area contributed by atoms with Crippen LogP contribution in [0.4, 0.5) is 11.4 Å². The van der Waals surface area contributed by atoms with Gasteiger partial charge in [0, 0.05) is 11.2 Å². The SMILES string of the molecule is O=C(Cn1c(=O)c2ccccc2n(CC(=O)Nc2cc(Cl)ccc2O)c1=O)Nc1cccnc1. The first-order valence-electron chi connectivity index (χ1n) is 10.0. The molecule has 10 nitrogen and oxygen atoms in total. The summed E-state index contributed by atoms with van der Waals surface area (Å²) < 4.78 is 1.85. The predicted octanol–water partition coefficient (Wildman–Crippen LogP) is 2.19. The molecule has 34 heavy (non-hydrogen) atoms. The summed E-state index contributed by atoms with van der Waals surface area (Å²) in [5, 5.41) is 15.5. The van der Waals surface area contributed by atoms with Crippen LogP contribution in [0.1, 0.15) is 0 Å². The van der Waals surface area contributed by atoms with E-state index in [1.54, 1.807) is 24.3 Å². The number of phenols is 1. The van der Waals surface area contributed by atoms with E-state index in [1.165, 1.54) is 42.7 Å². The first kappa shape index (κ1) is 22.7. The largest absolute Gasteiger partial charge is 0.506 e. The molecule has 0 radical (unpaired) electrons. The molecule has 0 saturated heterocycles. The number of aromatic nitrogens is 3. The summed E-state index contributed by atoms with van der Waals surface area (Å²) in [6.45, 7) is -1.04. The smallest absolute Gasteiger partial charge is 0.332 e. The van der Waals surface area contributed by atoms with Crippen molar-refractivity contribution in [2.75, 3.05) is 10.6 Å². The maximum atomic E-state index is 13.2. The lowest BCUT2D eigenvalue weighted by atomic mass is 10.2. The fourth-order valence-corrected chi connectivity index (χ4v) is 3.56. The molecule has 4 aromatic rings. The van der Waals surface area contributed by atoms with Crippen LogP contribution in [0, 0.1) is 0 Å². The van der Waals surface area contributed by atoms with Crippen LogP contribution in [0.3, 0.4) is 0 Å². The quantitative estimate of drug-likeness (QED) is 0.363. The number of amides is 2. The fourth-order valence-electron chi connectivity index (χ4n) is 3.39. The van der Waals surface area contributed by atoms with Gasteiger partial charge in [0.15, 0.2) is 0 Å². The van der Waals surface area contributed by atoms with Crippen molar-refractivity contribution in [1.29, 1.82) is 0 Å². The topological polar surface area (TPSA) is 135 Å². The summed E-state index contributed by atoms with van der Waals surface area (Å²) in [7, 11) is 0. The summed E-state index contributed by atoms with van der Waals surface area (Å²) in [5.74, 6) is -1.45. The van der Waals surface area contributed by atoms with Crippen LogP contribution in [0.25, 0.3) is 10.9 Å². The number of fused-ring (bicyclic) bond motifs is 1. The van der Waals surface area contributed by atoms with Gasteiger partial charge < -0.3 is 15.7 Å². The molecule has 2 aromatic carbocycles. The molecule has 0 aliphatic rings. The Morgan fingerprint density at radius 3 is 2.44 bits per heavy atom. The van der Waals surface area contributed by atoms with E-state index >= 15 is 0 Å². The standard InChI is InChI=1S/C23H18ClN5O5/c24-14-7-8-19(30)17(10-14)27-21(32)12-28-18-6-2-1-5-16(18)22(33)29(23(28)34)13-20(31)26-15-4-3-9-25-11-15/h1-11,30H,12-13H2,(H,26,31)(H,27,32). The number of hydrogen-bond acceptors (Lipinski definition) is 6. The summed E-state index contributed by atoms with van der Waals surface area (Å²) in [6.07, 6.45) is 2.96. The molecule has 0 saturated carbocycles. The number of nitrogens with zero attached hydrogens (tertiary/aromatic N) is 3. The van der Waals surface area contributed by atoms with Crippen LogP contribution in [-0.2, 0) is 22.7 Å². The number of para-hydroxylation sites is 1. The lowest BCUT2D eigenvalue weighted by Crippen LogP contribution is -2.44. The zero-order chi connectivity index (χ0) is 24.2. The van der Waals surface area contributed by atoms with Crippen molar-refractivity contribution in [3.63, 3.8) is 0 Å². The van der Waals surface area contributed by atoms with Gasteiger partial charge in [0.25, 0.3) is 5.56 Å². The van der Waals surface area contributed by atoms with Crippen molar-refractivity contribution in [3.05, 3.63) is 92.9 Å². The Hall–Kier alpha value is -4.44. The molecule has 0 atom stereocenters. The predicted molar refractivity (Wildman–Crippen MR) is 127 cm³/mol. The molecule has 11 heteroatoms. The van der Waals surface area contributed by atoms with Gasteiger partial charge in [0.1, 0.15) is 18.8 Å². The first-order chi connectivity index (χ1) is 16.3. The monoisotopic (exact) mass is 479 g/mol. The molecule has 4 rings (SSSR count). The second kappa shape index (κ2) is 9.59. The molecule has 172 valence electrons. The van der Waals surface area contributed by atoms with Gasteiger partial charge >= 0.3 is 5.69 Å². The van der Waals surface area contributed by atoms with Crippen molar-refractivity contribution >= 4 is 45.7 Å². The molecule has 0 aliphatic carbocycles. The van der Waals surface area contributed by atoms with Crippen molar-refractivity contribution in [3.8, 4) is 5.75 Å². The van der Waals surface area contributed by atoms with Gasteiger partial charge in [0.05, 0.1) is 28.5 Å². The third-order valence-electron chi connectivity index (χ3n) is 4.91. The zero-order valence-electron chi connectivity index (χ0n) is 17.6. The Balaban J connectivity index is 1.68. The highest BCUT2D eigenvalue weighted by Gasteiger charge is 2.18. The summed E-state index contributed by atoms with van der Waals surface area (Å²) in [5.41, 5.74) is -0.796. The van der Waals surface area contributed by atoms with Gasteiger partial charge in [-0.2, -0.15) is 0 Å². The van der Waals surface area contributed by atoms with Crippen LogP contribution in [0.5, 0.6) is 5.75 Å². The molecule has 0 spiro atoms. The minimum absolute atomic E-state index is 0.0685. The Bertz CT molecular complexity index is 1510. The molecular formula is C23H18ClN5O5. The van der Waals surface area contributed by atoms with E-state index in [0.29, 0.717) is 10.7 Å². The molecular weight excluding hydrogens is 462 g/mol. The van der Waals surface area contributed by atoms with Crippen molar-refractivity contribution < 1.29 is 14.7 Å². The van der Waals surface area contributed by atoms with Crippen molar-refractivity contribution in [1.82, 2.24) is 14.1 Å². The second-order valence-electron chi connectivity index (χ2n) is 7.28. The Labute approximate surface area is 197 Å². The lowest BCUT2D eigenvalue weighted by molar-refractivity contribution is -0.117. The van der Waals surface area contributed by atoms with Gasteiger partial charge in [-0.15, -0.1) is 0 Å². The Morgan fingerprint density at radius 2 is 1.68 bits per heavy atom. The van der Waals surface area contributed by atoms with Gasteiger partial charge in [-0.1, -0.05) is 23.7 Å². The van der Waals surface area contributed by atoms with E-state index < -0.39 is 36.2 Å². The summed E-state index contributed by atoms with van der Waals surface area (Å²) in [4.78, 5) is 55.2. The van der Waals surface area contributed by atoms with E-state index in [9.17, 15) is 24.3 Å². The molecule has 0 unspecified atom stereocenters. The van der Waals surface area contributed by atoms with Crippen LogP contribution in [0.2, 0.25) is 5.02 Å². The number of carbonyl (C=O) groups excluding carboxylic acids is 2. The average Bonchev–Trinajstić information content (AvgIpc) is 2.82. The minimum Gasteiger partial charge on any atom is -0.506 e. The van der Waals surface area contributed by atoms with Crippen LogP contribution in [0.15, 0.2) is 76.6 Å². The van der Waals surface area contributed by atoms with E-state index in [2.05, 4.69) is 15.6 Å². The van der Waals surface area contributed by atoms with Crippen LogP contribution >= 0.6 is 11.6 Å². The number of aromatic hydroxyl groups is 1. The van der Waals surface area contributed by atoms with E-state index in [4.69, 9.17) is 11.6 Å². The summed E-state index contributed by atoms with van der Waals surface area (Å²) >= 11 is 5.91. The fraction of sp³-hybridized carbons (Fsp3) is 0.0870. The highest BCUT2D eigenvalue weighted by molar-refractivity contribution is 6.31. The molecule has 2 aromatic heterocycles. The second-order valence-corrected chi connectivity index (χ2v) is 7.71. The lowest BCUT2D eigenvalue weighted by Gasteiger charge is -2.14. The molecule has 2 amide bonds. The third-order valence-corrected chi connectivity index (χ3v) is 5.15. The number of benzene rings is 2. The summed E-state index contributed by atoms with van der Waals surface area (Å²) in [6, 6.07) is 13.6. The number of anilines is 2. The van der Waals surface area contributed by atoms with Gasteiger partial charge in [-0.05, 0) is 42.5 Å². The van der Waals surface area contributed by atoms with Gasteiger partial charge in [0.2, 0.25) is 11.8 Å². The van der Waals surface area contributed by atoms with E-state index in [-0.39, 0.29) is 22.3 Å². The number of rotatable bonds is 6. The Kier molecular flexibility index (Phi) is 6.42. The highest BCUT2D eigenvalue weighted by Crippen LogP contribution is 2.26. The zero-order valence-corrected chi connectivity index (χ0v) is 18.3. The molecule has 0 aliphatic heterocycles.